The third kappa shape index (κ3) is 5.29. The smallest absolute Gasteiger partial charge is 0.167 e. The Bertz CT molecular complexity index is 3140. The predicted octanol–water partition coefficient (Wildman–Crippen LogP) is 13.2. The number of para-hydroxylation sites is 3. The van der Waals surface area contributed by atoms with Gasteiger partial charge in [0, 0.05) is 33.0 Å². The van der Waals surface area contributed by atoms with Gasteiger partial charge in [-0.15, -0.1) is 0 Å². The van der Waals surface area contributed by atoms with Gasteiger partial charge in [0.2, 0.25) is 0 Å². The number of rotatable bonds is 6. The second kappa shape index (κ2) is 13.0. The average Bonchev–Trinajstić information content (AvgIpc) is 3.83. The highest BCUT2D eigenvalue weighted by molar-refractivity contribution is 6.25. The molecule has 5 heteroatoms. The number of benzene rings is 8. The first-order chi connectivity index (χ1) is 27.8. The quantitative estimate of drug-likeness (QED) is 0.172. The van der Waals surface area contributed by atoms with Gasteiger partial charge in [0.05, 0.1) is 22.0 Å². The molecule has 5 nitrogen and oxygen atoms in total. The maximum atomic E-state index is 6.86. The zero-order valence-electron chi connectivity index (χ0n) is 30.2. The number of nitrogens with zero attached hydrogens (tertiary/aromatic N) is 4. The van der Waals surface area contributed by atoms with Crippen molar-refractivity contribution in [2.75, 3.05) is 0 Å². The SMILES string of the molecule is c1ccc(-c2cccc(-c3nc(-c4cccc(-c5ccccc5)c4)nc(-c4cccc5c4oc4ccc6c7ccccc7n(-c7ccccc7)c6c45)n3)c2)cc1. The Morgan fingerprint density at radius 1 is 0.375 bits per heavy atom. The molecule has 56 heavy (non-hydrogen) atoms. The van der Waals surface area contributed by atoms with E-state index in [4.69, 9.17) is 19.4 Å². The Labute approximate surface area is 322 Å². The molecule has 0 aliphatic rings. The number of furan rings is 1. The summed E-state index contributed by atoms with van der Waals surface area (Å²) in [6.07, 6.45) is 0. The van der Waals surface area contributed by atoms with Crippen LogP contribution in [0.25, 0.3) is 106 Å². The van der Waals surface area contributed by atoms with Crippen molar-refractivity contribution >= 4 is 43.7 Å². The molecule has 0 fully saturated rings. The topological polar surface area (TPSA) is 56.7 Å². The van der Waals surface area contributed by atoms with E-state index in [9.17, 15) is 0 Å². The summed E-state index contributed by atoms with van der Waals surface area (Å²) < 4.78 is 9.22. The Hall–Kier alpha value is -7.63. The molecule has 3 aromatic heterocycles. The van der Waals surface area contributed by atoms with Gasteiger partial charge in [0.15, 0.2) is 17.5 Å². The van der Waals surface area contributed by atoms with Crippen molar-refractivity contribution in [3.63, 3.8) is 0 Å². The van der Waals surface area contributed by atoms with E-state index in [-0.39, 0.29) is 0 Å². The molecular weight excluding hydrogens is 685 g/mol. The van der Waals surface area contributed by atoms with E-state index in [1.165, 1.54) is 10.8 Å². The van der Waals surface area contributed by atoms with E-state index in [1.807, 2.05) is 12.1 Å². The van der Waals surface area contributed by atoms with Gasteiger partial charge >= 0.3 is 0 Å². The molecule has 0 N–H and O–H groups in total. The van der Waals surface area contributed by atoms with Crippen LogP contribution in [0.2, 0.25) is 0 Å². The molecule has 262 valence electrons. The summed E-state index contributed by atoms with van der Waals surface area (Å²) in [7, 11) is 0. The minimum atomic E-state index is 0.546. The van der Waals surface area contributed by atoms with Crippen molar-refractivity contribution in [3.05, 3.63) is 194 Å². The summed E-state index contributed by atoms with van der Waals surface area (Å²) >= 11 is 0. The third-order valence-corrected chi connectivity index (χ3v) is 10.6. The molecule has 0 aliphatic heterocycles. The van der Waals surface area contributed by atoms with Crippen LogP contribution in [0.3, 0.4) is 0 Å². The average molecular weight is 717 g/mol. The monoisotopic (exact) mass is 716 g/mol. The Balaban J connectivity index is 1.16. The molecule has 8 aromatic carbocycles. The van der Waals surface area contributed by atoms with Crippen LogP contribution in [-0.4, -0.2) is 19.5 Å². The zero-order chi connectivity index (χ0) is 37.0. The number of hydrogen-bond acceptors (Lipinski definition) is 4. The van der Waals surface area contributed by atoms with Crippen LogP contribution >= 0.6 is 0 Å². The largest absolute Gasteiger partial charge is 0.455 e. The van der Waals surface area contributed by atoms with E-state index in [0.29, 0.717) is 17.5 Å². The summed E-state index contributed by atoms with van der Waals surface area (Å²) in [5.74, 6) is 1.73. The van der Waals surface area contributed by atoms with Crippen LogP contribution in [0.5, 0.6) is 0 Å². The fraction of sp³-hybridized carbons (Fsp3) is 0. The van der Waals surface area contributed by atoms with Gasteiger partial charge in [-0.1, -0.05) is 146 Å². The van der Waals surface area contributed by atoms with Crippen LogP contribution in [0.1, 0.15) is 0 Å². The number of hydrogen-bond donors (Lipinski definition) is 0. The van der Waals surface area contributed by atoms with Gasteiger partial charge < -0.3 is 8.98 Å². The summed E-state index contributed by atoms with van der Waals surface area (Å²) in [6, 6.07) is 67.3. The van der Waals surface area contributed by atoms with E-state index in [0.717, 1.165) is 77.6 Å². The Morgan fingerprint density at radius 2 is 0.893 bits per heavy atom. The third-order valence-electron chi connectivity index (χ3n) is 10.6. The van der Waals surface area contributed by atoms with Crippen molar-refractivity contribution in [2.24, 2.45) is 0 Å². The molecule has 0 radical (unpaired) electrons. The van der Waals surface area contributed by atoms with E-state index >= 15 is 0 Å². The molecule has 3 heterocycles. The van der Waals surface area contributed by atoms with Crippen LogP contribution in [0.15, 0.2) is 199 Å². The van der Waals surface area contributed by atoms with Crippen LogP contribution in [0, 0.1) is 0 Å². The standard InChI is InChI=1S/C51H32N4O/c1-4-15-33(16-5-1)35-19-12-21-37(31-35)49-52-50(38-22-13-20-36(32-38)34-17-6-2-7-18-34)54-51(53-49)43-27-14-26-42-46-45(56-48(42)43)30-29-41-40-25-10-11-28-44(40)55(47(41)46)39-23-8-3-9-24-39/h1-32H. The first-order valence-corrected chi connectivity index (χ1v) is 18.8. The fourth-order valence-corrected chi connectivity index (χ4v) is 8.05. The molecule has 11 aromatic rings. The second-order valence-electron chi connectivity index (χ2n) is 14.0. The molecule has 11 rings (SSSR count). The molecular formula is C51H32N4O. The van der Waals surface area contributed by atoms with Gasteiger partial charge in [0.25, 0.3) is 0 Å². The highest BCUT2D eigenvalue weighted by Gasteiger charge is 2.22. The normalized spacial score (nSPS) is 11.6. The minimum Gasteiger partial charge on any atom is -0.455 e. The van der Waals surface area contributed by atoms with Crippen molar-refractivity contribution in [1.29, 1.82) is 0 Å². The molecule has 0 aliphatic carbocycles. The zero-order valence-corrected chi connectivity index (χ0v) is 30.2. The van der Waals surface area contributed by atoms with Crippen molar-refractivity contribution in [2.45, 2.75) is 0 Å². The summed E-state index contributed by atoms with van der Waals surface area (Å²) in [4.78, 5) is 15.6. The highest BCUT2D eigenvalue weighted by Crippen LogP contribution is 2.43. The van der Waals surface area contributed by atoms with E-state index < -0.39 is 0 Å². The summed E-state index contributed by atoms with van der Waals surface area (Å²) in [6.45, 7) is 0. The highest BCUT2D eigenvalue weighted by atomic mass is 16.3. The van der Waals surface area contributed by atoms with Crippen molar-refractivity contribution < 1.29 is 4.42 Å². The van der Waals surface area contributed by atoms with Gasteiger partial charge in [-0.25, -0.2) is 15.0 Å². The number of fused-ring (bicyclic) bond motifs is 7. The van der Waals surface area contributed by atoms with Gasteiger partial charge in [-0.2, -0.15) is 0 Å². The summed E-state index contributed by atoms with van der Waals surface area (Å²) in [5.41, 5.74) is 12.0. The van der Waals surface area contributed by atoms with Crippen LogP contribution in [-0.2, 0) is 0 Å². The van der Waals surface area contributed by atoms with Crippen LogP contribution in [0.4, 0.5) is 0 Å². The van der Waals surface area contributed by atoms with Crippen LogP contribution < -0.4 is 0 Å². The first kappa shape index (κ1) is 31.9. The fourth-order valence-electron chi connectivity index (χ4n) is 8.05. The lowest BCUT2D eigenvalue weighted by atomic mass is 10.0. The Kier molecular flexibility index (Phi) is 7.42. The second-order valence-corrected chi connectivity index (χ2v) is 14.0. The molecule has 0 atom stereocenters. The van der Waals surface area contributed by atoms with E-state index in [1.54, 1.807) is 0 Å². The van der Waals surface area contributed by atoms with Gasteiger partial charge in [-0.05, 0) is 70.8 Å². The first-order valence-electron chi connectivity index (χ1n) is 18.8. The lowest BCUT2D eigenvalue weighted by Crippen LogP contribution is -2.00. The molecule has 0 amide bonds. The molecule has 0 spiro atoms. The summed E-state index contributed by atoms with van der Waals surface area (Å²) in [5, 5.41) is 4.43. The molecule has 0 bridgehead atoms. The van der Waals surface area contributed by atoms with Crippen molar-refractivity contribution in [1.82, 2.24) is 19.5 Å². The molecule has 0 saturated heterocycles. The maximum absolute atomic E-state index is 6.86. The predicted molar refractivity (Wildman–Crippen MR) is 229 cm³/mol. The lowest BCUT2D eigenvalue weighted by molar-refractivity contribution is 0.669. The van der Waals surface area contributed by atoms with Gasteiger partial charge in [-0.3, -0.25) is 0 Å². The van der Waals surface area contributed by atoms with E-state index in [2.05, 4.69) is 187 Å². The minimum absolute atomic E-state index is 0.546. The Morgan fingerprint density at radius 3 is 1.55 bits per heavy atom. The number of aromatic nitrogens is 4. The molecule has 0 unspecified atom stereocenters. The molecule has 0 saturated carbocycles. The van der Waals surface area contributed by atoms with Crippen molar-refractivity contribution in [3.8, 4) is 62.1 Å². The lowest BCUT2D eigenvalue weighted by Gasteiger charge is -2.11. The van der Waals surface area contributed by atoms with Gasteiger partial charge in [0.1, 0.15) is 11.2 Å². The maximum Gasteiger partial charge on any atom is 0.167 e.